The topological polar surface area (TPSA) is 38.7 Å². The van der Waals surface area contributed by atoms with E-state index in [2.05, 4.69) is 43.0 Å². The van der Waals surface area contributed by atoms with E-state index in [4.69, 9.17) is 9.47 Å². The molecule has 1 aliphatic rings. The number of ether oxygens (including phenoxy) is 2. The SMILES string of the molecule is C=CCCOc1ccc([C@@H]2c3ccc(O)cc3OC[C@@H]2c2ccccc2)cc1.CC.CC.CC. The first-order valence-corrected chi connectivity index (χ1v) is 12.6. The van der Waals surface area contributed by atoms with Gasteiger partial charge in [0.05, 0.1) is 13.2 Å². The summed E-state index contributed by atoms with van der Waals surface area (Å²) in [6.45, 7) is 16.9. The summed E-state index contributed by atoms with van der Waals surface area (Å²) in [5.41, 5.74) is 3.55. The molecule has 0 saturated carbocycles. The average molecular weight is 463 g/mol. The largest absolute Gasteiger partial charge is 0.508 e. The Hall–Kier alpha value is -3.20. The van der Waals surface area contributed by atoms with Gasteiger partial charge in [-0.15, -0.1) is 6.58 Å². The third-order valence-corrected chi connectivity index (χ3v) is 5.21. The maximum absolute atomic E-state index is 9.86. The zero-order valence-electron chi connectivity index (χ0n) is 21.8. The number of rotatable bonds is 6. The second-order valence-corrected chi connectivity index (χ2v) is 7.02. The molecular formula is C31H42O3. The van der Waals surface area contributed by atoms with Crippen molar-refractivity contribution < 1.29 is 14.6 Å². The normalized spacial score (nSPS) is 15.4. The van der Waals surface area contributed by atoms with Crippen LogP contribution in [0.3, 0.4) is 0 Å². The molecule has 0 saturated heterocycles. The van der Waals surface area contributed by atoms with Gasteiger partial charge in [-0.25, -0.2) is 0 Å². The number of fused-ring (bicyclic) bond motifs is 1. The molecular weight excluding hydrogens is 420 g/mol. The fraction of sp³-hybridized carbons (Fsp3) is 0.355. The van der Waals surface area contributed by atoms with Crippen molar-refractivity contribution in [2.45, 2.75) is 59.8 Å². The zero-order chi connectivity index (χ0) is 25.3. The minimum Gasteiger partial charge on any atom is -0.508 e. The summed E-state index contributed by atoms with van der Waals surface area (Å²) in [6.07, 6.45) is 2.68. The monoisotopic (exact) mass is 462 g/mol. The summed E-state index contributed by atoms with van der Waals surface area (Å²) in [5, 5.41) is 9.86. The Bertz CT molecular complexity index is 933. The molecule has 34 heavy (non-hydrogen) atoms. The van der Waals surface area contributed by atoms with Crippen molar-refractivity contribution in [3.05, 3.63) is 102 Å². The maximum Gasteiger partial charge on any atom is 0.126 e. The molecule has 0 radical (unpaired) electrons. The number of phenols is 1. The molecule has 0 bridgehead atoms. The van der Waals surface area contributed by atoms with Gasteiger partial charge in [-0.3, -0.25) is 0 Å². The standard InChI is InChI=1S/C25H24O3.3C2H6/c1-2-3-15-27-21-12-9-19(10-13-21)25-22-14-11-20(26)16-24(22)28-17-23(25)18-7-5-4-6-8-18;3*1-2/h2,4-14,16,23,25-26H,1,3,15,17H2;3*1-2H3/t23-,25-;;;/m1.../s1. The van der Waals surface area contributed by atoms with Crippen molar-refractivity contribution in [3.8, 4) is 17.2 Å². The van der Waals surface area contributed by atoms with E-state index in [1.807, 2.05) is 71.9 Å². The zero-order valence-corrected chi connectivity index (χ0v) is 21.8. The predicted molar refractivity (Wildman–Crippen MR) is 145 cm³/mol. The second-order valence-electron chi connectivity index (χ2n) is 7.02. The van der Waals surface area contributed by atoms with Crippen LogP contribution in [0.2, 0.25) is 0 Å². The van der Waals surface area contributed by atoms with Crippen LogP contribution in [0.25, 0.3) is 0 Å². The van der Waals surface area contributed by atoms with Gasteiger partial charge in [-0.05, 0) is 35.7 Å². The van der Waals surface area contributed by atoms with Gasteiger partial charge in [0.15, 0.2) is 0 Å². The Kier molecular flexibility index (Phi) is 13.9. The quantitative estimate of drug-likeness (QED) is 0.294. The molecule has 3 heteroatoms. The van der Waals surface area contributed by atoms with Gasteiger partial charge in [0.25, 0.3) is 0 Å². The highest BCUT2D eigenvalue weighted by Crippen LogP contribution is 2.47. The average Bonchev–Trinajstić information content (AvgIpc) is 2.92. The van der Waals surface area contributed by atoms with E-state index in [0.29, 0.717) is 13.2 Å². The molecule has 1 N–H and O–H groups in total. The number of aromatic hydroxyl groups is 1. The van der Waals surface area contributed by atoms with Crippen LogP contribution in [-0.2, 0) is 0 Å². The van der Waals surface area contributed by atoms with Gasteiger partial charge in [0, 0.05) is 23.5 Å². The van der Waals surface area contributed by atoms with Crippen molar-refractivity contribution in [3.63, 3.8) is 0 Å². The Morgan fingerprint density at radius 2 is 1.53 bits per heavy atom. The molecule has 0 unspecified atom stereocenters. The van der Waals surface area contributed by atoms with Crippen LogP contribution in [0.5, 0.6) is 17.2 Å². The van der Waals surface area contributed by atoms with Crippen molar-refractivity contribution in [2.24, 2.45) is 0 Å². The minimum atomic E-state index is 0.147. The molecule has 0 aromatic heterocycles. The van der Waals surface area contributed by atoms with Crippen LogP contribution >= 0.6 is 0 Å². The Morgan fingerprint density at radius 1 is 0.882 bits per heavy atom. The van der Waals surface area contributed by atoms with Crippen molar-refractivity contribution in [2.75, 3.05) is 13.2 Å². The molecule has 3 aromatic carbocycles. The summed E-state index contributed by atoms with van der Waals surface area (Å²) in [4.78, 5) is 0. The van der Waals surface area contributed by atoms with Crippen LogP contribution in [-0.4, -0.2) is 18.3 Å². The number of phenolic OH excluding ortho intramolecular Hbond substituents is 1. The lowest BCUT2D eigenvalue weighted by atomic mass is 9.76. The molecule has 3 nitrogen and oxygen atoms in total. The second kappa shape index (κ2) is 16.4. The van der Waals surface area contributed by atoms with Crippen LogP contribution in [0.4, 0.5) is 0 Å². The van der Waals surface area contributed by atoms with Crippen molar-refractivity contribution in [1.29, 1.82) is 0 Å². The van der Waals surface area contributed by atoms with E-state index in [1.165, 1.54) is 11.1 Å². The number of benzene rings is 3. The third kappa shape index (κ3) is 7.69. The Labute approximate surface area is 207 Å². The summed E-state index contributed by atoms with van der Waals surface area (Å²) < 4.78 is 11.8. The molecule has 0 amide bonds. The van der Waals surface area contributed by atoms with E-state index in [-0.39, 0.29) is 17.6 Å². The molecule has 4 rings (SSSR count). The summed E-state index contributed by atoms with van der Waals surface area (Å²) in [6, 6.07) is 24.2. The Morgan fingerprint density at radius 3 is 2.15 bits per heavy atom. The van der Waals surface area contributed by atoms with Gasteiger partial charge in [0.2, 0.25) is 0 Å². The molecule has 0 spiro atoms. The van der Waals surface area contributed by atoms with Gasteiger partial charge in [-0.1, -0.05) is 96.1 Å². The first-order valence-electron chi connectivity index (χ1n) is 12.6. The Balaban J connectivity index is 0.000000894. The van der Waals surface area contributed by atoms with Gasteiger partial charge >= 0.3 is 0 Å². The lowest BCUT2D eigenvalue weighted by molar-refractivity contribution is 0.247. The lowest BCUT2D eigenvalue weighted by Gasteiger charge is -2.34. The summed E-state index contributed by atoms with van der Waals surface area (Å²) in [5.74, 6) is 2.18. The fourth-order valence-electron chi connectivity index (χ4n) is 3.83. The molecule has 1 aliphatic heterocycles. The first-order chi connectivity index (χ1) is 16.8. The maximum atomic E-state index is 9.86. The van der Waals surface area contributed by atoms with Gasteiger partial charge in [-0.2, -0.15) is 0 Å². The highest BCUT2D eigenvalue weighted by molar-refractivity contribution is 5.50. The number of hydrogen-bond donors (Lipinski definition) is 1. The molecule has 3 aromatic rings. The predicted octanol–water partition coefficient (Wildman–Crippen LogP) is 8.73. The molecule has 2 atom stereocenters. The summed E-state index contributed by atoms with van der Waals surface area (Å²) in [7, 11) is 0. The van der Waals surface area contributed by atoms with Gasteiger partial charge in [0.1, 0.15) is 17.2 Å². The van der Waals surface area contributed by atoms with Crippen molar-refractivity contribution in [1.82, 2.24) is 0 Å². The molecule has 0 aliphatic carbocycles. The van der Waals surface area contributed by atoms with E-state index >= 15 is 0 Å². The minimum absolute atomic E-state index is 0.147. The van der Waals surface area contributed by atoms with Crippen LogP contribution in [0.15, 0.2) is 85.5 Å². The van der Waals surface area contributed by atoms with Crippen LogP contribution in [0, 0.1) is 0 Å². The summed E-state index contributed by atoms with van der Waals surface area (Å²) >= 11 is 0. The van der Waals surface area contributed by atoms with E-state index < -0.39 is 0 Å². The fourth-order valence-corrected chi connectivity index (χ4v) is 3.83. The molecule has 0 fully saturated rings. The first kappa shape index (κ1) is 28.8. The lowest BCUT2D eigenvalue weighted by Crippen LogP contribution is -2.25. The molecule has 1 heterocycles. The van der Waals surface area contributed by atoms with E-state index in [0.717, 1.165) is 23.5 Å². The smallest absolute Gasteiger partial charge is 0.126 e. The molecule has 184 valence electrons. The van der Waals surface area contributed by atoms with Gasteiger partial charge < -0.3 is 14.6 Å². The van der Waals surface area contributed by atoms with Crippen LogP contribution in [0.1, 0.15) is 76.5 Å². The van der Waals surface area contributed by atoms with Crippen molar-refractivity contribution >= 4 is 0 Å². The number of hydrogen-bond acceptors (Lipinski definition) is 3. The highest BCUT2D eigenvalue weighted by Gasteiger charge is 2.33. The van der Waals surface area contributed by atoms with E-state index in [1.54, 1.807) is 12.1 Å². The third-order valence-electron chi connectivity index (χ3n) is 5.21. The van der Waals surface area contributed by atoms with E-state index in [9.17, 15) is 5.11 Å². The van der Waals surface area contributed by atoms with Crippen LogP contribution < -0.4 is 9.47 Å². The highest BCUT2D eigenvalue weighted by atomic mass is 16.5.